The zero-order chi connectivity index (χ0) is 13.8. The van der Waals surface area contributed by atoms with Crippen molar-refractivity contribution in [2.24, 2.45) is 5.92 Å². The average molecular weight is 258 g/mol. The van der Waals surface area contributed by atoms with Gasteiger partial charge in [-0.1, -0.05) is 6.92 Å². The van der Waals surface area contributed by atoms with E-state index in [2.05, 4.69) is 5.32 Å². The van der Waals surface area contributed by atoms with Gasteiger partial charge in [0, 0.05) is 19.5 Å². The Balaban J connectivity index is 2.42. The zero-order valence-corrected chi connectivity index (χ0v) is 11.2. The molecule has 0 aromatic carbocycles. The molecule has 0 bridgehead atoms. The van der Waals surface area contributed by atoms with Crippen molar-refractivity contribution in [1.82, 2.24) is 10.2 Å². The fourth-order valence-corrected chi connectivity index (χ4v) is 1.96. The summed E-state index contributed by atoms with van der Waals surface area (Å²) in [6.07, 6.45) is 0.0623. The number of nitrogens with one attached hydrogen (secondary N) is 1. The third kappa shape index (κ3) is 4.18. The van der Waals surface area contributed by atoms with Crippen molar-refractivity contribution in [2.45, 2.75) is 32.7 Å². The minimum absolute atomic E-state index is 0.0623. The van der Waals surface area contributed by atoms with Crippen LogP contribution < -0.4 is 5.32 Å². The Hall–Kier alpha value is -1.30. The number of hydrogen-bond acceptors (Lipinski definition) is 3. The number of nitrogens with zero attached hydrogens (tertiary/aromatic N) is 1. The maximum atomic E-state index is 12.0. The number of aliphatic carboxylic acids is 1. The Morgan fingerprint density at radius 2 is 2.17 bits per heavy atom. The minimum Gasteiger partial charge on any atom is -0.481 e. The standard InChI is InChI=1S/C12H22N2O4/c1-9(6-10(15)16)7-13-11(17)14-4-5-18-8-12(14,2)3/h9H,4-8H2,1-3H3,(H,13,17)(H,15,16). The molecule has 6 heteroatoms. The highest BCUT2D eigenvalue weighted by molar-refractivity contribution is 5.75. The summed E-state index contributed by atoms with van der Waals surface area (Å²) < 4.78 is 5.34. The SMILES string of the molecule is CC(CNC(=O)N1CCOCC1(C)C)CC(=O)O. The number of carbonyl (C=O) groups excluding carboxylic acids is 1. The van der Waals surface area contributed by atoms with Gasteiger partial charge in [-0.05, 0) is 19.8 Å². The van der Waals surface area contributed by atoms with E-state index in [1.54, 1.807) is 11.8 Å². The summed E-state index contributed by atoms with van der Waals surface area (Å²) in [5, 5.41) is 11.4. The van der Waals surface area contributed by atoms with Gasteiger partial charge in [0.1, 0.15) is 0 Å². The van der Waals surface area contributed by atoms with Crippen LogP contribution in [0, 0.1) is 5.92 Å². The van der Waals surface area contributed by atoms with Gasteiger partial charge < -0.3 is 20.1 Å². The first-order valence-corrected chi connectivity index (χ1v) is 6.18. The maximum Gasteiger partial charge on any atom is 0.318 e. The van der Waals surface area contributed by atoms with Crippen LogP contribution in [0.1, 0.15) is 27.2 Å². The van der Waals surface area contributed by atoms with Crippen LogP contribution in [0.25, 0.3) is 0 Å². The van der Waals surface area contributed by atoms with Gasteiger partial charge >= 0.3 is 12.0 Å². The summed E-state index contributed by atoms with van der Waals surface area (Å²) in [5.41, 5.74) is -0.321. The van der Waals surface area contributed by atoms with Gasteiger partial charge in [0.25, 0.3) is 0 Å². The number of hydrogen-bond donors (Lipinski definition) is 2. The molecule has 1 unspecified atom stereocenters. The monoisotopic (exact) mass is 258 g/mol. The van der Waals surface area contributed by atoms with Gasteiger partial charge in [-0.2, -0.15) is 0 Å². The van der Waals surface area contributed by atoms with Gasteiger partial charge in [0.2, 0.25) is 0 Å². The van der Waals surface area contributed by atoms with Crippen molar-refractivity contribution < 1.29 is 19.4 Å². The van der Waals surface area contributed by atoms with E-state index >= 15 is 0 Å². The molecule has 0 radical (unpaired) electrons. The van der Waals surface area contributed by atoms with Crippen LogP contribution in [0.5, 0.6) is 0 Å². The van der Waals surface area contributed by atoms with Crippen molar-refractivity contribution in [1.29, 1.82) is 0 Å². The number of urea groups is 1. The third-order valence-electron chi connectivity index (χ3n) is 3.02. The van der Waals surface area contributed by atoms with Crippen molar-refractivity contribution in [3.63, 3.8) is 0 Å². The Kier molecular flexibility index (Phi) is 4.95. The van der Waals surface area contributed by atoms with Crippen LogP contribution >= 0.6 is 0 Å². The quantitative estimate of drug-likeness (QED) is 0.786. The highest BCUT2D eigenvalue weighted by atomic mass is 16.5. The molecule has 18 heavy (non-hydrogen) atoms. The Morgan fingerprint density at radius 3 is 2.72 bits per heavy atom. The second-order valence-electron chi connectivity index (χ2n) is 5.41. The van der Waals surface area contributed by atoms with Crippen molar-refractivity contribution in [2.75, 3.05) is 26.3 Å². The number of morpholine rings is 1. The van der Waals surface area contributed by atoms with E-state index in [9.17, 15) is 9.59 Å². The van der Waals surface area contributed by atoms with Crippen LogP contribution in [0.3, 0.4) is 0 Å². The largest absolute Gasteiger partial charge is 0.481 e. The number of carbonyl (C=O) groups is 2. The molecule has 104 valence electrons. The van der Waals surface area contributed by atoms with E-state index in [0.717, 1.165) is 0 Å². The molecule has 0 aliphatic carbocycles. The van der Waals surface area contributed by atoms with E-state index < -0.39 is 5.97 Å². The van der Waals surface area contributed by atoms with Crippen LogP contribution in [0.2, 0.25) is 0 Å². The first-order valence-electron chi connectivity index (χ1n) is 6.18. The molecule has 1 aliphatic rings. The first kappa shape index (κ1) is 14.8. The predicted molar refractivity (Wildman–Crippen MR) is 66.4 cm³/mol. The molecule has 6 nitrogen and oxygen atoms in total. The summed E-state index contributed by atoms with van der Waals surface area (Å²) in [6.45, 7) is 7.70. The van der Waals surface area contributed by atoms with E-state index in [0.29, 0.717) is 26.3 Å². The molecule has 0 aromatic rings. The van der Waals surface area contributed by atoms with E-state index in [1.807, 2.05) is 13.8 Å². The molecule has 2 N–H and O–H groups in total. The van der Waals surface area contributed by atoms with E-state index in [4.69, 9.17) is 9.84 Å². The zero-order valence-electron chi connectivity index (χ0n) is 11.2. The van der Waals surface area contributed by atoms with Gasteiger partial charge in [-0.25, -0.2) is 4.79 Å². The fourth-order valence-electron chi connectivity index (χ4n) is 1.96. The number of carboxylic acids is 1. The molecule has 1 aliphatic heterocycles. The topological polar surface area (TPSA) is 78.9 Å². The van der Waals surface area contributed by atoms with Crippen LogP contribution in [-0.4, -0.2) is 53.8 Å². The normalized spacial score (nSPS) is 20.3. The van der Waals surface area contributed by atoms with Crippen molar-refractivity contribution in [3.05, 3.63) is 0 Å². The molecule has 1 saturated heterocycles. The summed E-state index contributed by atoms with van der Waals surface area (Å²) in [5.74, 6) is -0.918. The summed E-state index contributed by atoms with van der Waals surface area (Å²) in [7, 11) is 0. The Morgan fingerprint density at radius 1 is 1.50 bits per heavy atom. The highest BCUT2D eigenvalue weighted by Gasteiger charge is 2.34. The summed E-state index contributed by atoms with van der Waals surface area (Å²) in [6, 6.07) is -0.152. The molecule has 1 rings (SSSR count). The lowest BCUT2D eigenvalue weighted by Gasteiger charge is -2.42. The molecular formula is C12H22N2O4. The number of rotatable bonds is 4. The van der Waals surface area contributed by atoms with Crippen molar-refractivity contribution >= 4 is 12.0 Å². The first-order chi connectivity index (χ1) is 8.33. The highest BCUT2D eigenvalue weighted by Crippen LogP contribution is 2.18. The lowest BCUT2D eigenvalue weighted by molar-refractivity contribution is -0.137. The summed E-state index contributed by atoms with van der Waals surface area (Å²) >= 11 is 0. The lowest BCUT2D eigenvalue weighted by atomic mass is 10.0. The molecule has 0 spiro atoms. The minimum atomic E-state index is -0.844. The smallest absolute Gasteiger partial charge is 0.318 e. The number of amides is 2. The fraction of sp³-hybridized carbons (Fsp3) is 0.833. The molecule has 2 amide bonds. The second-order valence-corrected chi connectivity index (χ2v) is 5.41. The number of carboxylic acid groups (broad SMARTS) is 1. The summed E-state index contributed by atoms with van der Waals surface area (Å²) in [4.78, 5) is 24.3. The molecule has 0 aromatic heterocycles. The van der Waals surface area contributed by atoms with Gasteiger partial charge in [-0.15, -0.1) is 0 Å². The second kappa shape index (κ2) is 6.04. The lowest BCUT2D eigenvalue weighted by Crippen LogP contribution is -2.58. The van der Waals surface area contributed by atoms with Crippen LogP contribution in [0.4, 0.5) is 4.79 Å². The van der Waals surface area contributed by atoms with Crippen molar-refractivity contribution in [3.8, 4) is 0 Å². The third-order valence-corrected chi connectivity index (χ3v) is 3.02. The Bertz CT molecular complexity index is 317. The average Bonchev–Trinajstić information content (AvgIpc) is 2.24. The van der Waals surface area contributed by atoms with E-state index in [1.165, 1.54) is 0 Å². The van der Waals surface area contributed by atoms with E-state index in [-0.39, 0.29) is 23.9 Å². The van der Waals surface area contributed by atoms with Gasteiger partial charge in [0.15, 0.2) is 0 Å². The molecule has 0 saturated carbocycles. The molecular weight excluding hydrogens is 236 g/mol. The molecule has 1 atom stereocenters. The van der Waals surface area contributed by atoms with Crippen LogP contribution in [-0.2, 0) is 9.53 Å². The van der Waals surface area contributed by atoms with Gasteiger partial charge in [-0.3, -0.25) is 4.79 Å². The Labute approximate surface area is 107 Å². The van der Waals surface area contributed by atoms with Gasteiger partial charge in [0.05, 0.1) is 18.8 Å². The number of ether oxygens (including phenoxy) is 1. The molecule has 1 fully saturated rings. The predicted octanol–water partition coefficient (Wildman–Crippen LogP) is 0.918. The van der Waals surface area contributed by atoms with Crippen LogP contribution in [0.15, 0.2) is 0 Å². The molecule has 1 heterocycles. The maximum absolute atomic E-state index is 12.0.